The lowest BCUT2D eigenvalue weighted by molar-refractivity contribution is -0.130. The number of nitrogens with two attached hydrogens (primary N) is 1. The Hall–Kier alpha value is -3.07. The van der Waals surface area contributed by atoms with Crippen molar-refractivity contribution in [3.8, 4) is 0 Å². The van der Waals surface area contributed by atoms with Crippen molar-refractivity contribution in [2.45, 2.75) is 44.2 Å². The van der Waals surface area contributed by atoms with E-state index in [2.05, 4.69) is 20.9 Å². The van der Waals surface area contributed by atoms with Crippen LogP contribution >= 0.6 is 11.6 Å². The fourth-order valence-corrected chi connectivity index (χ4v) is 4.23. The standard InChI is InChI=1S/C22H26ClN5O4/c23-14-3-4-15-13(8-14)10-18(26-15)22(32)28-17(7-11-1-2-11)21(31)27-16(19(24)29)9-12-5-6-25-20(12)30/h3-4,8,10-12,16-17,26H,1-2,5-7,9H2,(H2,24,29)(H,25,30)(H,27,31)(H,28,32)/t12-,16-,17-/m0/s1. The first-order valence-electron chi connectivity index (χ1n) is 10.8. The summed E-state index contributed by atoms with van der Waals surface area (Å²) in [6.45, 7) is 0.541. The third kappa shape index (κ3) is 5.21. The molecule has 1 aliphatic carbocycles. The van der Waals surface area contributed by atoms with E-state index in [1.807, 2.05) is 0 Å². The van der Waals surface area contributed by atoms with Crippen molar-refractivity contribution in [2.24, 2.45) is 17.6 Å². The van der Waals surface area contributed by atoms with Crippen LogP contribution in [-0.2, 0) is 14.4 Å². The topological polar surface area (TPSA) is 146 Å². The number of primary amides is 1. The molecule has 1 saturated heterocycles. The molecule has 0 radical (unpaired) electrons. The molecule has 6 N–H and O–H groups in total. The van der Waals surface area contributed by atoms with Gasteiger partial charge in [-0.2, -0.15) is 0 Å². The van der Waals surface area contributed by atoms with Crippen molar-refractivity contribution in [1.82, 2.24) is 20.9 Å². The highest BCUT2D eigenvalue weighted by atomic mass is 35.5. The third-order valence-corrected chi connectivity index (χ3v) is 6.29. The summed E-state index contributed by atoms with van der Waals surface area (Å²) in [5.41, 5.74) is 6.55. The van der Waals surface area contributed by atoms with Gasteiger partial charge in [-0.25, -0.2) is 0 Å². The van der Waals surface area contributed by atoms with Gasteiger partial charge in [0.1, 0.15) is 17.8 Å². The predicted molar refractivity (Wildman–Crippen MR) is 119 cm³/mol. The van der Waals surface area contributed by atoms with E-state index in [1.165, 1.54) is 0 Å². The minimum atomic E-state index is -0.981. The van der Waals surface area contributed by atoms with Crippen molar-refractivity contribution in [3.63, 3.8) is 0 Å². The van der Waals surface area contributed by atoms with E-state index in [-0.39, 0.29) is 18.2 Å². The van der Waals surface area contributed by atoms with Crippen LogP contribution in [-0.4, -0.2) is 47.2 Å². The smallest absolute Gasteiger partial charge is 0.268 e. The summed E-state index contributed by atoms with van der Waals surface area (Å²) in [6, 6.07) is 5.12. The Morgan fingerprint density at radius 1 is 1.09 bits per heavy atom. The average Bonchev–Trinajstić information content (AvgIpc) is 3.32. The van der Waals surface area contributed by atoms with Gasteiger partial charge in [0.15, 0.2) is 0 Å². The summed E-state index contributed by atoms with van der Waals surface area (Å²) < 4.78 is 0. The number of nitrogens with one attached hydrogen (secondary N) is 4. The number of aromatic amines is 1. The molecule has 3 atom stereocenters. The van der Waals surface area contributed by atoms with E-state index in [4.69, 9.17) is 17.3 Å². The van der Waals surface area contributed by atoms with E-state index in [0.717, 1.165) is 23.7 Å². The van der Waals surface area contributed by atoms with Gasteiger partial charge in [-0.15, -0.1) is 0 Å². The Balaban J connectivity index is 1.45. The van der Waals surface area contributed by atoms with Gasteiger partial charge in [0.05, 0.1) is 0 Å². The molecule has 170 valence electrons. The van der Waals surface area contributed by atoms with Crippen LogP contribution in [0.1, 0.15) is 42.6 Å². The summed E-state index contributed by atoms with van der Waals surface area (Å²) in [4.78, 5) is 52.7. The lowest BCUT2D eigenvalue weighted by Crippen LogP contribution is -2.53. The fourth-order valence-electron chi connectivity index (χ4n) is 4.05. The molecule has 2 aliphatic rings. The Morgan fingerprint density at radius 2 is 1.88 bits per heavy atom. The summed E-state index contributed by atoms with van der Waals surface area (Å²) in [5.74, 6) is -1.78. The van der Waals surface area contributed by atoms with Crippen LogP contribution < -0.4 is 21.7 Å². The number of fused-ring (bicyclic) bond motifs is 1. The van der Waals surface area contributed by atoms with Gasteiger partial charge in [-0.1, -0.05) is 24.4 Å². The van der Waals surface area contributed by atoms with Crippen LogP contribution in [0, 0.1) is 11.8 Å². The highest BCUT2D eigenvalue weighted by molar-refractivity contribution is 6.31. The second kappa shape index (κ2) is 9.20. The number of carbonyl (C=O) groups excluding carboxylic acids is 4. The normalized spacial score (nSPS) is 19.9. The Kier molecular flexibility index (Phi) is 6.36. The zero-order valence-corrected chi connectivity index (χ0v) is 18.2. The van der Waals surface area contributed by atoms with Gasteiger partial charge in [-0.3, -0.25) is 19.2 Å². The molecule has 4 amide bonds. The van der Waals surface area contributed by atoms with Gasteiger partial charge in [-0.05, 0) is 49.4 Å². The van der Waals surface area contributed by atoms with Gasteiger partial charge >= 0.3 is 0 Å². The molecule has 10 heteroatoms. The Labute approximate surface area is 189 Å². The molecule has 1 aliphatic heterocycles. The minimum absolute atomic E-state index is 0.139. The number of rotatable bonds is 9. The van der Waals surface area contributed by atoms with Crippen molar-refractivity contribution >= 4 is 46.1 Å². The monoisotopic (exact) mass is 459 g/mol. The molecular formula is C22H26ClN5O4. The number of amides is 4. The third-order valence-electron chi connectivity index (χ3n) is 6.06. The molecule has 0 spiro atoms. The maximum Gasteiger partial charge on any atom is 0.268 e. The summed E-state index contributed by atoms with van der Waals surface area (Å²) in [5, 5.41) is 9.49. The molecule has 1 aromatic carbocycles. The van der Waals surface area contributed by atoms with Gasteiger partial charge in [0.25, 0.3) is 5.91 Å². The van der Waals surface area contributed by atoms with Gasteiger partial charge in [0, 0.05) is 28.4 Å². The van der Waals surface area contributed by atoms with E-state index < -0.39 is 29.8 Å². The number of benzene rings is 1. The lowest BCUT2D eigenvalue weighted by atomic mass is 9.97. The summed E-state index contributed by atoms with van der Waals surface area (Å²) >= 11 is 6.01. The molecule has 32 heavy (non-hydrogen) atoms. The van der Waals surface area contributed by atoms with Crippen LogP contribution in [0.5, 0.6) is 0 Å². The number of carbonyl (C=O) groups is 4. The van der Waals surface area contributed by atoms with Gasteiger partial charge < -0.3 is 26.7 Å². The first-order chi connectivity index (χ1) is 15.3. The maximum absolute atomic E-state index is 13.0. The number of H-pyrrole nitrogens is 1. The molecule has 1 aromatic heterocycles. The summed E-state index contributed by atoms with van der Waals surface area (Å²) in [6.07, 6.45) is 3.18. The lowest BCUT2D eigenvalue weighted by Gasteiger charge is -2.23. The number of hydrogen-bond acceptors (Lipinski definition) is 4. The molecule has 2 aromatic rings. The van der Waals surface area contributed by atoms with Crippen LogP contribution in [0.15, 0.2) is 24.3 Å². The van der Waals surface area contributed by atoms with E-state index in [0.29, 0.717) is 36.0 Å². The predicted octanol–water partition coefficient (Wildman–Crippen LogP) is 1.22. The highest BCUT2D eigenvalue weighted by Gasteiger charge is 2.34. The molecule has 0 bridgehead atoms. The van der Waals surface area contributed by atoms with Crippen molar-refractivity contribution in [1.29, 1.82) is 0 Å². The second-order valence-electron chi connectivity index (χ2n) is 8.60. The fraction of sp³-hybridized carbons (Fsp3) is 0.455. The van der Waals surface area contributed by atoms with E-state index >= 15 is 0 Å². The van der Waals surface area contributed by atoms with Crippen LogP contribution in [0.25, 0.3) is 10.9 Å². The van der Waals surface area contributed by atoms with Crippen molar-refractivity contribution in [2.75, 3.05) is 6.54 Å². The first kappa shape index (κ1) is 22.1. The number of hydrogen-bond donors (Lipinski definition) is 5. The Morgan fingerprint density at radius 3 is 2.53 bits per heavy atom. The first-order valence-corrected chi connectivity index (χ1v) is 11.1. The Bertz CT molecular complexity index is 1060. The largest absolute Gasteiger partial charge is 0.368 e. The van der Waals surface area contributed by atoms with Crippen LogP contribution in [0.4, 0.5) is 0 Å². The van der Waals surface area contributed by atoms with E-state index in [9.17, 15) is 19.2 Å². The molecular weight excluding hydrogens is 434 g/mol. The second-order valence-corrected chi connectivity index (χ2v) is 9.03. The SMILES string of the molecule is NC(=O)[C@H](C[C@@H]1CCNC1=O)NC(=O)[C@H](CC1CC1)NC(=O)c1cc2cc(Cl)ccc2[nH]1. The molecule has 1 saturated carbocycles. The number of aromatic nitrogens is 1. The maximum atomic E-state index is 13.0. The van der Waals surface area contributed by atoms with Crippen LogP contribution in [0.3, 0.4) is 0 Å². The van der Waals surface area contributed by atoms with Gasteiger partial charge in [0.2, 0.25) is 17.7 Å². The summed E-state index contributed by atoms with van der Waals surface area (Å²) in [7, 11) is 0. The highest BCUT2D eigenvalue weighted by Crippen LogP contribution is 2.33. The molecule has 2 heterocycles. The average molecular weight is 460 g/mol. The molecule has 2 fully saturated rings. The van der Waals surface area contributed by atoms with Crippen molar-refractivity contribution in [3.05, 3.63) is 35.0 Å². The van der Waals surface area contributed by atoms with Crippen LogP contribution in [0.2, 0.25) is 5.02 Å². The number of halogens is 1. The van der Waals surface area contributed by atoms with E-state index in [1.54, 1.807) is 24.3 Å². The zero-order valence-electron chi connectivity index (χ0n) is 17.4. The van der Waals surface area contributed by atoms with Crippen molar-refractivity contribution < 1.29 is 19.2 Å². The minimum Gasteiger partial charge on any atom is -0.368 e. The molecule has 4 rings (SSSR count). The molecule has 0 unspecified atom stereocenters. The zero-order chi connectivity index (χ0) is 22.8. The molecule has 9 nitrogen and oxygen atoms in total. The quantitative estimate of drug-likeness (QED) is 0.383.